The first-order chi connectivity index (χ1) is 18.5. The molecular weight excluding hydrogens is 492 g/mol. The van der Waals surface area contributed by atoms with Gasteiger partial charge in [-0.15, -0.1) is 0 Å². The highest BCUT2D eigenvalue weighted by Gasteiger charge is 2.32. The van der Waals surface area contributed by atoms with Crippen LogP contribution in [0.15, 0.2) is 60.7 Å². The summed E-state index contributed by atoms with van der Waals surface area (Å²) in [4.78, 5) is 25.7. The van der Waals surface area contributed by atoms with Gasteiger partial charge in [-0.2, -0.15) is 0 Å². The Kier molecular flexibility index (Phi) is 7.03. The van der Waals surface area contributed by atoms with E-state index in [1.165, 1.54) is 18.2 Å². The van der Waals surface area contributed by atoms with E-state index in [0.29, 0.717) is 41.7 Å². The van der Waals surface area contributed by atoms with Gasteiger partial charge in [0.05, 0.1) is 25.2 Å². The van der Waals surface area contributed by atoms with Crippen molar-refractivity contribution in [3.05, 3.63) is 87.5 Å². The van der Waals surface area contributed by atoms with Crippen molar-refractivity contribution in [2.45, 2.75) is 12.5 Å². The molecule has 2 heterocycles. The van der Waals surface area contributed by atoms with Gasteiger partial charge in [0.15, 0.2) is 23.0 Å². The van der Waals surface area contributed by atoms with Gasteiger partial charge in [0.25, 0.3) is 5.69 Å². The highest BCUT2D eigenvalue weighted by Crippen LogP contribution is 2.39. The molecule has 0 radical (unpaired) electrons. The average molecular weight is 519 g/mol. The lowest BCUT2D eigenvalue weighted by atomic mass is 9.92. The molecule has 0 aliphatic carbocycles. The van der Waals surface area contributed by atoms with Crippen LogP contribution < -0.4 is 23.7 Å². The fourth-order valence-corrected chi connectivity index (χ4v) is 4.59. The highest BCUT2D eigenvalue weighted by atomic mass is 16.7. The first-order valence-electron chi connectivity index (χ1n) is 12.0. The number of benzene rings is 3. The molecule has 0 unspecified atom stereocenters. The minimum absolute atomic E-state index is 0.0253. The maximum Gasteiger partial charge on any atom is 0.269 e. The van der Waals surface area contributed by atoms with Gasteiger partial charge in [0.2, 0.25) is 12.7 Å². The number of ether oxygens (including phenoxy) is 5. The van der Waals surface area contributed by atoms with Crippen LogP contribution in [0.5, 0.6) is 28.7 Å². The van der Waals surface area contributed by atoms with Crippen LogP contribution in [-0.4, -0.2) is 49.9 Å². The van der Waals surface area contributed by atoms with Gasteiger partial charge in [-0.3, -0.25) is 14.9 Å². The number of nitrogens with zero attached hydrogens (tertiary/aromatic N) is 2. The third kappa shape index (κ3) is 5.06. The van der Waals surface area contributed by atoms with Crippen LogP contribution in [0.3, 0.4) is 0 Å². The van der Waals surface area contributed by atoms with E-state index in [1.54, 1.807) is 37.3 Å². The Labute approximate surface area is 219 Å². The zero-order valence-corrected chi connectivity index (χ0v) is 20.9. The lowest BCUT2D eigenvalue weighted by molar-refractivity contribution is -0.384. The van der Waals surface area contributed by atoms with Gasteiger partial charge < -0.3 is 28.6 Å². The standard InChI is InChI=1S/C28H26N2O8/c1-34-25-14-19-11-12-29(28(31)10-4-18-3-9-24-27(13-18)38-17-37-24)23(22(19)15-26(25)35-2)16-36-21-7-5-20(6-8-21)30(32)33/h3-10,13-15,23H,11-12,16-17H2,1-2H3/b10-4+/t23-/m0/s1. The van der Waals surface area contributed by atoms with E-state index in [9.17, 15) is 14.9 Å². The second-order valence-corrected chi connectivity index (χ2v) is 8.71. The third-order valence-electron chi connectivity index (χ3n) is 6.56. The van der Waals surface area contributed by atoms with E-state index < -0.39 is 11.0 Å². The Morgan fingerprint density at radius 2 is 1.79 bits per heavy atom. The van der Waals surface area contributed by atoms with E-state index in [4.69, 9.17) is 23.7 Å². The molecule has 1 amide bonds. The van der Waals surface area contributed by atoms with Crippen LogP contribution in [0.4, 0.5) is 5.69 Å². The van der Waals surface area contributed by atoms with Crippen molar-refractivity contribution in [1.29, 1.82) is 0 Å². The van der Waals surface area contributed by atoms with Crippen LogP contribution in [0.2, 0.25) is 0 Å². The van der Waals surface area contributed by atoms with E-state index in [2.05, 4.69) is 0 Å². The average Bonchev–Trinajstić information content (AvgIpc) is 3.42. The summed E-state index contributed by atoms with van der Waals surface area (Å²) in [5, 5.41) is 11.0. The van der Waals surface area contributed by atoms with Crippen LogP contribution in [0, 0.1) is 10.1 Å². The lowest BCUT2D eigenvalue weighted by Crippen LogP contribution is -2.41. The Hall–Kier alpha value is -4.73. The van der Waals surface area contributed by atoms with Crippen LogP contribution in [0.25, 0.3) is 6.08 Å². The number of rotatable bonds is 8. The number of methoxy groups -OCH3 is 2. The molecule has 0 fully saturated rings. The number of hydrogen-bond donors (Lipinski definition) is 0. The first-order valence-corrected chi connectivity index (χ1v) is 12.0. The molecule has 5 rings (SSSR count). The van der Waals surface area contributed by atoms with Crippen molar-refractivity contribution in [1.82, 2.24) is 4.90 Å². The maximum absolute atomic E-state index is 13.4. The monoisotopic (exact) mass is 518 g/mol. The second-order valence-electron chi connectivity index (χ2n) is 8.71. The molecule has 0 bridgehead atoms. The number of nitro benzene ring substituents is 1. The molecule has 38 heavy (non-hydrogen) atoms. The highest BCUT2D eigenvalue weighted by molar-refractivity contribution is 5.92. The summed E-state index contributed by atoms with van der Waals surface area (Å²) < 4.78 is 27.8. The fraction of sp³-hybridized carbons (Fsp3) is 0.250. The molecule has 10 nitrogen and oxygen atoms in total. The molecule has 3 aromatic carbocycles. The van der Waals surface area contributed by atoms with Crippen molar-refractivity contribution in [2.24, 2.45) is 0 Å². The Balaban J connectivity index is 1.41. The van der Waals surface area contributed by atoms with Gasteiger partial charge in [-0.05, 0) is 65.6 Å². The van der Waals surface area contributed by atoms with Crippen LogP contribution in [-0.2, 0) is 11.2 Å². The van der Waals surface area contributed by atoms with E-state index >= 15 is 0 Å². The summed E-state index contributed by atoms with van der Waals surface area (Å²) in [6, 6.07) is 14.7. The van der Waals surface area contributed by atoms with Gasteiger partial charge in [-0.25, -0.2) is 0 Å². The quantitative estimate of drug-likeness (QED) is 0.243. The largest absolute Gasteiger partial charge is 0.493 e. The summed E-state index contributed by atoms with van der Waals surface area (Å²) in [6.07, 6.45) is 3.90. The Bertz CT molecular complexity index is 1390. The smallest absolute Gasteiger partial charge is 0.269 e. The van der Waals surface area contributed by atoms with Crippen molar-refractivity contribution in [2.75, 3.05) is 34.2 Å². The number of carbonyl (C=O) groups excluding carboxylic acids is 1. The van der Waals surface area contributed by atoms with E-state index in [0.717, 1.165) is 16.7 Å². The van der Waals surface area contributed by atoms with E-state index in [-0.39, 0.29) is 25.0 Å². The molecule has 1 atom stereocenters. The number of fused-ring (bicyclic) bond motifs is 2. The Morgan fingerprint density at radius 1 is 1.05 bits per heavy atom. The zero-order valence-electron chi connectivity index (χ0n) is 20.9. The maximum atomic E-state index is 13.4. The summed E-state index contributed by atoms with van der Waals surface area (Å²) >= 11 is 0. The van der Waals surface area contributed by atoms with Crippen LogP contribution >= 0.6 is 0 Å². The summed E-state index contributed by atoms with van der Waals surface area (Å²) in [5.74, 6) is 2.77. The molecule has 2 aliphatic heterocycles. The molecule has 196 valence electrons. The number of non-ortho nitro benzene ring substituents is 1. The first kappa shape index (κ1) is 24.9. The molecule has 0 spiro atoms. The van der Waals surface area contributed by atoms with Crippen molar-refractivity contribution >= 4 is 17.7 Å². The summed E-state index contributed by atoms with van der Waals surface area (Å²) in [7, 11) is 3.14. The molecular formula is C28H26N2O8. The van der Waals surface area contributed by atoms with Crippen molar-refractivity contribution in [3.8, 4) is 28.7 Å². The molecule has 0 N–H and O–H groups in total. The van der Waals surface area contributed by atoms with Gasteiger partial charge in [-0.1, -0.05) is 6.07 Å². The molecule has 2 aliphatic rings. The fourth-order valence-electron chi connectivity index (χ4n) is 4.59. The minimum Gasteiger partial charge on any atom is -0.493 e. The van der Waals surface area contributed by atoms with Gasteiger partial charge in [0.1, 0.15) is 12.4 Å². The van der Waals surface area contributed by atoms with Crippen molar-refractivity contribution < 1.29 is 33.4 Å². The lowest BCUT2D eigenvalue weighted by Gasteiger charge is -2.37. The van der Waals surface area contributed by atoms with Crippen LogP contribution in [0.1, 0.15) is 22.7 Å². The second kappa shape index (κ2) is 10.7. The molecule has 0 aromatic heterocycles. The topological polar surface area (TPSA) is 110 Å². The third-order valence-corrected chi connectivity index (χ3v) is 6.56. The number of nitro groups is 1. The number of amides is 1. The van der Waals surface area contributed by atoms with Crippen molar-refractivity contribution in [3.63, 3.8) is 0 Å². The van der Waals surface area contributed by atoms with E-state index in [1.807, 2.05) is 30.3 Å². The molecule has 0 saturated carbocycles. The normalized spacial score (nSPS) is 15.7. The van der Waals surface area contributed by atoms with Gasteiger partial charge in [0, 0.05) is 24.8 Å². The molecule has 3 aromatic rings. The summed E-state index contributed by atoms with van der Waals surface area (Å²) in [6.45, 7) is 0.796. The predicted octanol–water partition coefficient (Wildman–Crippen LogP) is 4.56. The Morgan fingerprint density at radius 3 is 2.53 bits per heavy atom. The predicted molar refractivity (Wildman–Crippen MR) is 138 cm³/mol. The summed E-state index contributed by atoms with van der Waals surface area (Å²) in [5.41, 5.74) is 2.71. The van der Waals surface area contributed by atoms with Gasteiger partial charge >= 0.3 is 0 Å². The number of hydrogen-bond acceptors (Lipinski definition) is 8. The zero-order chi connectivity index (χ0) is 26.6. The number of carbonyl (C=O) groups is 1. The molecule has 0 saturated heterocycles. The minimum atomic E-state index is -0.465. The SMILES string of the molecule is COc1cc2c(cc1OC)[C@H](COc1ccc([N+](=O)[O-])cc1)N(C(=O)/C=C/c1ccc3c(c1)OCO3)CC2. The molecule has 10 heteroatoms.